The highest BCUT2D eigenvalue weighted by molar-refractivity contribution is 5.74. The molecule has 0 spiro atoms. The number of rotatable bonds is 7. The molecule has 0 bridgehead atoms. The second-order valence-electron chi connectivity index (χ2n) is 4.79. The van der Waals surface area contributed by atoms with Crippen LogP contribution in [0.15, 0.2) is 6.20 Å². The van der Waals surface area contributed by atoms with Crippen molar-refractivity contribution >= 4 is 12.0 Å². The highest BCUT2D eigenvalue weighted by atomic mass is 16.4. The Morgan fingerprint density at radius 3 is 2.80 bits per heavy atom. The van der Waals surface area contributed by atoms with E-state index in [2.05, 4.69) is 15.7 Å². The zero-order chi connectivity index (χ0) is 15.1. The third-order valence-electron chi connectivity index (χ3n) is 2.93. The normalized spacial score (nSPS) is 11.9. The number of urea groups is 1. The fourth-order valence-corrected chi connectivity index (χ4v) is 1.89. The Balaban J connectivity index is 2.37. The average molecular weight is 282 g/mol. The van der Waals surface area contributed by atoms with E-state index < -0.39 is 5.97 Å². The van der Waals surface area contributed by atoms with Crippen LogP contribution in [-0.4, -0.2) is 32.9 Å². The van der Waals surface area contributed by atoms with Crippen molar-refractivity contribution in [2.45, 2.75) is 45.7 Å². The van der Waals surface area contributed by atoms with Crippen LogP contribution < -0.4 is 10.6 Å². The molecular formula is C13H22N4O3. The molecule has 1 aromatic heterocycles. The van der Waals surface area contributed by atoms with Gasteiger partial charge in [0, 0.05) is 37.8 Å². The second kappa shape index (κ2) is 7.52. The van der Waals surface area contributed by atoms with Crippen molar-refractivity contribution in [2.24, 2.45) is 7.05 Å². The topological polar surface area (TPSA) is 96.3 Å². The smallest absolute Gasteiger partial charge is 0.315 e. The second-order valence-corrected chi connectivity index (χ2v) is 4.79. The Morgan fingerprint density at radius 2 is 2.20 bits per heavy atom. The maximum absolute atomic E-state index is 11.7. The minimum Gasteiger partial charge on any atom is -0.481 e. The van der Waals surface area contributed by atoms with E-state index in [4.69, 9.17) is 5.11 Å². The summed E-state index contributed by atoms with van der Waals surface area (Å²) in [7, 11) is 1.84. The number of carbonyl (C=O) groups excluding carboxylic acids is 1. The monoisotopic (exact) mass is 282 g/mol. The molecular weight excluding hydrogens is 260 g/mol. The number of aliphatic carboxylic acids is 1. The van der Waals surface area contributed by atoms with Crippen molar-refractivity contribution in [1.29, 1.82) is 0 Å². The summed E-state index contributed by atoms with van der Waals surface area (Å²) < 4.78 is 1.73. The first-order chi connectivity index (χ1) is 9.42. The van der Waals surface area contributed by atoms with E-state index in [0.29, 0.717) is 13.0 Å². The molecule has 1 aromatic rings. The molecule has 0 aliphatic carbocycles. The van der Waals surface area contributed by atoms with Gasteiger partial charge in [0.1, 0.15) is 0 Å². The molecule has 0 aromatic carbocycles. The van der Waals surface area contributed by atoms with Gasteiger partial charge in [-0.1, -0.05) is 6.92 Å². The van der Waals surface area contributed by atoms with Gasteiger partial charge in [-0.3, -0.25) is 9.48 Å². The molecule has 0 aliphatic rings. The van der Waals surface area contributed by atoms with Crippen LogP contribution in [0.5, 0.6) is 0 Å². The maximum Gasteiger partial charge on any atom is 0.315 e. The van der Waals surface area contributed by atoms with Crippen molar-refractivity contribution in [1.82, 2.24) is 20.4 Å². The maximum atomic E-state index is 11.7. The van der Waals surface area contributed by atoms with Gasteiger partial charge in [-0.15, -0.1) is 0 Å². The number of carboxylic acids is 1. The van der Waals surface area contributed by atoms with Gasteiger partial charge in [-0.25, -0.2) is 4.79 Å². The van der Waals surface area contributed by atoms with Gasteiger partial charge in [0.15, 0.2) is 0 Å². The van der Waals surface area contributed by atoms with Gasteiger partial charge in [0.2, 0.25) is 0 Å². The number of aromatic nitrogens is 2. The van der Waals surface area contributed by atoms with Crippen molar-refractivity contribution in [3.8, 4) is 0 Å². The molecule has 7 nitrogen and oxygen atoms in total. The van der Waals surface area contributed by atoms with Crippen LogP contribution >= 0.6 is 0 Å². The Morgan fingerprint density at radius 1 is 1.50 bits per heavy atom. The van der Waals surface area contributed by atoms with Crippen LogP contribution in [0.25, 0.3) is 0 Å². The van der Waals surface area contributed by atoms with Gasteiger partial charge in [-0.2, -0.15) is 5.10 Å². The molecule has 0 saturated carbocycles. The minimum atomic E-state index is -0.859. The Hall–Kier alpha value is -2.05. The number of amides is 2. The van der Waals surface area contributed by atoms with Crippen LogP contribution in [0.1, 0.15) is 37.9 Å². The fraction of sp³-hybridized carbons (Fsp3) is 0.615. The van der Waals surface area contributed by atoms with E-state index in [0.717, 1.165) is 17.7 Å². The van der Waals surface area contributed by atoms with E-state index in [1.165, 1.54) is 0 Å². The van der Waals surface area contributed by atoms with Gasteiger partial charge in [0.05, 0.1) is 5.69 Å². The molecule has 3 N–H and O–H groups in total. The van der Waals surface area contributed by atoms with Crippen LogP contribution in [0.2, 0.25) is 0 Å². The first-order valence-corrected chi connectivity index (χ1v) is 6.70. The van der Waals surface area contributed by atoms with E-state index in [9.17, 15) is 9.59 Å². The van der Waals surface area contributed by atoms with Gasteiger partial charge in [-0.05, 0) is 19.8 Å². The fourth-order valence-electron chi connectivity index (χ4n) is 1.89. The Bertz CT molecular complexity index is 470. The molecule has 1 atom stereocenters. The predicted molar refractivity (Wildman–Crippen MR) is 74.3 cm³/mol. The molecule has 0 fully saturated rings. The summed E-state index contributed by atoms with van der Waals surface area (Å²) in [5.74, 6) is -0.859. The van der Waals surface area contributed by atoms with Crippen LogP contribution in [0, 0.1) is 0 Å². The van der Waals surface area contributed by atoms with Crippen molar-refractivity contribution in [2.75, 3.05) is 0 Å². The molecule has 20 heavy (non-hydrogen) atoms. The quantitative estimate of drug-likeness (QED) is 0.696. The largest absolute Gasteiger partial charge is 0.481 e. The number of nitrogens with zero attached hydrogens (tertiary/aromatic N) is 2. The molecule has 1 unspecified atom stereocenters. The summed E-state index contributed by atoms with van der Waals surface area (Å²) in [5.41, 5.74) is 1.95. The van der Waals surface area contributed by atoms with Crippen molar-refractivity contribution < 1.29 is 14.7 Å². The first-order valence-electron chi connectivity index (χ1n) is 6.70. The van der Waals surface area contributed by atoms with E-state index in [1.807, 2.05) is 20.2 Å². The van der Waals surface area contributed by atoms with E-state index in [-0.39, 0.29) is 18.5 Å². The highest BCUT2D eigenvalue weighted by Crippen LogP contribution is 2.06. The zero-order valence-electron chi connectivity index (χ0n) is 12.1. The lowest BCUT2D eigenvalue weighted by atomic mass is 10.2. The van der Waals surface area contributed by atoms with Gasteiger partial charge >= 0.3 is 12.0 Å². The molecule has 1 heterocycles. The molecule has 2 amide bonds. The number of hydrogen-bond acceptors (Lipinski definition) is 3. The average Bonchev–Trinajstić information content (AvgIpc) is 2.74. The molecule has 1 rings (SSSR count). The molecule has 7 heteroatoms. The summed E-state index contributed by atoms with van der Waals surface area (Å²) in [4.78, 5) is 22.1. The lowest BCUT2D eigenvalue weighted by Gasteiger charge is -2.13. The Kier molecular flexibility index (Phi) is 6.02. The van der Waals surface area contributed by atoms with E-state index >= 15 is 0 Å². The minimum absolute atomic E-state index is 0.0457. The summed E-state index contributed by atoms with van der Waals surface area (Å²) in [6.07, 6.45) is 3.15. The Labute approximate surface area is 118 Å². The van der Waals surface area contributed by atoms with Gasteiger partial charge in [0.25, 0.3) is 0 Å². The lowest BCUT2D eigenvalue weighted by Crippen LogP contribution is -2.40. The van der Waals surface area contributed by atoms with Crippen LogP contribution in [-0.2, 0) is 24.8 Å². The van der Waals surface area contributed by atoms with Crippen LogP contribution in [0.3, 0.4) is 0 Å². The number of aryl methyl sites for hydroxylation is 2. The molecule has 112 valence electrons. The highest BCUT2D eigenvalue weighted by Gasteiger charge is 2.10. The standard InChI is InChI=1S/C13H22N4O3/c1-4-11-10(8-17(3)16-11)7-14-13(20)15-9(2)5-6-12(18)19/h8-9H,4-7H2,1-3H3,(H,18,19)(H2,14,15,20). The summed E-state index contributed by atoms with van der Waals surface area (Å²) in [6, 6.07) is -0.473. The van der Waals surface area contributed by atoms with Crippen LogP contribution in [0.4, 0.5) is 4.79 Å². The summed E-state index contributed by atoms with van der Waals surface area (Å²) >= 11 is 0. The predicted octanol–water partition coefficient (Wildman–Crippen LogP) is 1.03. The SMILES string of the molecule is CCc1nn(C)cc1CNC(=O)NC(C)CCC(=O)O. The number of carbonyl (C=O) groups is 2. The molecule has 0 saturated heterocycles. The first kappa shape index (κ1) is 16.0. The number of carboxylic acid groups (broad SMARTS) is 1. The van der Waals surface area contributed by atoms with Gasteiger partial charge < -0.3 is 15.7 Å². The molecule has 0 radical (unpaired) electrons. The van der Waals surface area contributed by atoms with Crippen molar-refractivity contribution in [3.63, 3.8) is 0 Å². The number of nitrogens with one attached hydrogen (secondary N) is 2. The third-order valence-corrected chi connectivity index (χ3v) is 2.93. The summed E-state index contributed by atoms with van der Waals surface area (Å²) in [6.45, 7) is 4.21. The van der Waals surface area contributed by atoms with Crippen molar-refractivity contribution in [3.05, 3.63) is 17.5 Å². The third kappa shape index (κ3) is 5.29. The number of hydrogen-bond donors (Lipinski definition) is 3. The zero-order valence-corrected chi connectivity index (χ0v) is 12.1. The summed E-state index contributed by atoms with van der Waals surface area (Å²) in [5, 5.41) is 18.3. The molecule has 0 aliphatic heterocycles. The lowest BCUT2D eigenvalue weighted by molar-refractivity contribution is -0.137. The van der Waals surface area contributed by atoms with E-state index in [1.54, 1.807) is 11.6 Å².